The van der Waals surface area contributed by atoms with Crippen molar-refractivity contribution in [2.24, 2.45) is 0 Å². The summed E-state index contributed by atoms with van der Waals surface area (Å²) in [6.07, 6.45) is 0. The highest BCUT2D eigenvalue weighted by atomic mass is 15.1. The number of hydrogen-bond acceptors (Lipinski definition) is 1. The topological polar surface area (TPSA) is 8.17 Å². The van der Waals surface area contributed by atoms with Crippen molar-refractivity contribution in [3.05, 3.63) is 205 Å². The maximum atomic E-state index is 2.49. The molecule has 1 aliphatic rings. The Balaban J connectivity index is 1.10. The van der Waals surface area contributed by atoms with Gasteiger partial charge in [0.25, 0.3) is 0 Å². The molecule has 1 aliphatic carbocycles. The van der Waals surface area contributed by atoms with Crippen molar-refractivity contribution in [3.8, 4) is 39.1 Å². The van der Waals surface area contributed by atoms with Gasteiger partial charge in [-0.25, -0.2) is 0 Å². The summed E-state index contributed by atoms with van der Waals surface area (Å²) in [6.45, 7) is 11.5. The lowest BCUT2D eigenvalue weighted by atomic mass is 9.82. The first-order chi connectivity index (χ1) is 27.7. The first-order valence-corrected chi connectivity index (χ1v) is 20.1. The Morgan fingerprint density at radius 1 is 0.439 bits per heavy atom. The van der Waals surface area contributed by atoms with E-state index in [1.807, 2.05) is 0 Å². The van der Waals surface area contributed by atoms with Crippen LogP contribution in [0.1, 0.15) is 51.3 Å². The van der Waals surface area contributed by atoms with E-state index in [0.717, 1.165) is 22.7 Å². The predicted octanol–water partition coefficient (Wildman–Crippen LogP) is 15.2. The van der Waals surface area contributed by atoms with Crippen LogP contribution < -0.4 is 4.90 Å². The van der Waals surface area contributed by atoms with Gasteiger partial charge < -0.3 is 9.47 Å². The summed E-state index contributed by atoms with van der Waals surface area (Å²) in [4.78, 5) is 2.39. The molecule has 1 aromatic heterocycles. The third-order valence-electron chi connectivity index (χ3n) is 12.2. The second-order valence-electron chi connectivity index (χ2n) is 17.0. The molecule has 0 bridgehead atoms. The molecule has 0 N–H and O–H groups in total. The summed E-state index contributed by atoms with van der Waals surface area (Å²) >= 11 is 0. The normalized spacial score (nSPS) is 13.1. The van der Waals surface area contributed by atoms with Crippen molar-refractivity contribution >= 4 is 38.9 Å². The van der Waals surface area contributed by atoms with Gasteiger partial charge in [0, 0.05) is 44.4 Å². The Labute approximate surface area is 336 Å². The van der Waals surface area contributed by atoms with E-state index >= 15 is 0 Å². The fourth-order valence-electron chi connectivity index (χ4n) is 9.21. The fourth-order valence-corrected chi connectivity index (χ4v) is 9.21. The summed E-state index contributed by atoms with van der Waals surface area (Å²) in [7, 11) is 0. The molecule has 0 amide bonds. The molecular formula is C55H46N2. The number of benzene rings is 8. The molecule has 2 nitrogen and oxygen atoms in total. The van der Waals surface area contributed by atoms with Crippen molar-refractivity contribution in [1.29, 1.82) is 0 Å². The van der Waals surface area contributed by atoms with Gasteiger partial charge in [0.15, 0.2) is 0 Å². The van der Waals surface area contributed by atoms with Gasteiger partial charge in [-0.3, -0.25) is 0 Å². The number of hydrogen-bond donors (Lipinski definition) is 0. The number of para-hydroxylation sites is 4. The Bertz CT molecular complexity index is 2940. The van der Waals surface area contributed by atoms with Gasteiger partial charge >= 0.3 is 0 Å². The molecule has 0 fully saturated rings. The third-order valence-corrected chi connectivity index (χ3v) is 12.2. The largest absolute Gasteiger partial charge is 0.310 e. The highest BCUT2D eigenvalue weighted by Crippen LogP contribution is 2.51. The van der Waals surface area contributed by atoms with Crippen LogP contribution in [0, 0.1) is 0 Å². The van der Waals surface area contributed by atoms with Crippen LogP contribution in [0.4, 0.5) is 17.1 Å². The van der Waals surface area contributed by atoms with E-state index in [4.69, 9.17) is 0 Å². The van der Waals surface area contributed by atoms with Crippen LogP contribution in [0.25, 0.3) is 60.9 Å². The average molecular weight is 735 g/mol. The molecule has 0 saturated heterocycles. The molecule has 2 heteroatoms. The molecule has 57 heavy (non-hydrogen) atoms. The van der Waals surface area contributed by atoms with Crippen LogP contribution in [0.15, 0.2) is 188 Å². The first-order valence-electron chi connectivity index (χ1n) is 20.1. The zero-order valence-electron chi connectivity index (χ0n) is 33.3. The maximum absolute atomic E-state index is 2.49. The fraction of sp³-hybridized carbons (Fsp3) is 0.127. The summed E-state index contributed by atoms with van der Waals surface area (Å²) < 4.78 is 2.49. The van der Waals surface area contributed by atoms with Gasteiger partial charge in [-0.1, -0.05) is 174 Å². The zero-order valence-corrected chi connectivity index (χ0v) is 33.3. The lowest BCUT2D eigenvalue weighted by Gasteiger charge is -2.28. The van der Waals surface area contributed by atoms with Gasteiger partial charge in [0.05, 0.1) is 16.7 Å². The van der Waals surface area contributed by atoms with Crippen LogP contribution in [0.2, 0.25) is 0 Å². The number of fused-ring (bicyclic) bond motifs is 6. The Kier molecular flexibility index (Phi) is 8.09. The van der Waals surface area contributed by atoms with Crippen molar-refractivity contribution < 1.29 is 0 Å². The van der Waals surface area contributed by atoms with E-state index < -0.39 is 0 Å². The number of rotatable bonds is 6. The second kappa shape index (κ2) is 13.2. The van der Waals surface area contributed by atoms with E-state index in [1.54, 1.807) is 0 Å². The Morgan fingerprint density at radius 2 is 1.00 bits per heavy atom. The molecule has 0 aliphatic heterocycles. The molecule has 0 unspecified atom stereocenters. The third kappa shape index (κ3) is 5.70. The minimum atomic E-state index is -0.0829. The van der Waals surface area contributed by atoms with Crippen LogP contribution in [0.3, 0.4) is 0 Å². The molecule has 9 aromatic rings. The molecule has 0 saturated carbocycles. The van der Waals surface area contributed by atoms with Crippen LogP contribution >= 0.6 is 0 Å². The number of nitrogens with zero attached hydrogens (tertiary/aromatic N) is 2. The standard InChI is InChI=1S/C55H46N2/c1-54(2,3)39-30-26-38(27-31-39)44-21-15-22-48-47-20-11-14-25-52(47)57(53(44)48)51-24-13-10-18-43(51)37-28-32-41(33-29-37)56(40-16-7-6-8-17-40)42-34-35-46-45-19-9-12-23-49(45)55(4,5)50(46)36-42/h6-36H,1-5H3. The van der Waals surface area contributed by atoms with E-state index in [2.05, 4.69) is 232 Å². The monoisotopic (exact) mass is 734 g/mol. The minimum absolute atomic E-state index is 0.0829. The number of anilines is 3. The predicted molar refractivity (Wildman–Crippen MR) is 243 cm³/mol. The molecule has 8 aromatic carbocycles. The quantitative estimate of drug-likeness (QED) is 0.165. The van der Waals surface area contributed by atoms with Gasteiger partial charge in [0.1, 0.15) is 0 Å². The molecule has 0 spiro atoms. The van der Waals surface area contributed by atoms with Crippen molar-refractivity contribution in [1.82, 2.24) is 4.57 Å². The van der Waals surface area contributed by atoms with Crippen LogP contribution in [-0.2, 0) is 10.8 Å². The van der Waals surface area contributed by atoms with Crippen LogP contribution in [-0.4, -0.2) is 4.57 Å². The highest BCUT2D eigenvalue weighted by Gasteiger charge is 2.35. The summed E-state index contributed by atoms with van der Waals surface area (Å²) in [5.41, 5.74) is 18.6. The van der Waals surface area contributed by atoms with E-state index in [9.17, 15) is 0 Å². The SMILES string of the molecule is CC(C)(C)c1ccc(-c2cccc3c4ccccc4n(-c4ccccc4-c4ccc(N(c5ccccc5)c5ccc6c(c5)C(C)(C)c5ccccc5-6)cc4)c23)cc1. The molecule has 10 rings (SSSR count). The second-order valence-corrected chi connectivity index (χ2v) is 17.0. The first kappa shape index (κ1) is 34.8. The van der Waals surface area contributed by atoms with Gasteiger partial charge in [-0.15, -0.1) is 0 Å². The van der Waals surface area contributed by atoms with E-state index in [-0.39, 0.29) is 10.8 Å². The van der Waals surface area contributed by atoms with Crippen molar-refractivity contribution in [3.63, 3.8) is 0 Å². The highest BCUT2D eigenvalue weighted by molar-refractivity contribution is 6.14. The Hall–Kier alpha value is -6.64. The molecular weight excluding hydrogens is 689 g/mol. The average Bonchev–Trinajstić information content (AvgIpc) is 3.70. The van der Waals surface area contributed by atoms with E-state index in [1.165, 1.54) is 71.9 Å². The molecule has 1 heterocycles. The molecule has 0 atom stereocenters. The van der Waals surface area contributed by atoms with Crippen LogP contribution in [0.5, 0.6) is 0 Å². The zero-order chi connectivity index (χ0) is 38.9. The Morgan fingerprint density at radius 3 is 1.77 bits per heavy atom. The lowest BCUT2D eigenvalue weighted by molar-refractivity contribution is 0.590. The van der Waals surface area contributed by atoms with Gasteiger partial charge in [0.2, 0.25) is 0 Å². The smallest absolute Gasteiger partial charge is 0.0619 e. The van der Waals surface area contributed by atoms with Gasteiger partial charge in [-0.05, 0) is 92.9 Å². The maximum Gasteiger partial charge on any atom is 0.0619 e. The number of aromatic nitrogens is 1. The molecule has 0 radical (unpaired) electrons. The van der Waals surface area contributed by atoms with Crippen molar-refractivity contribution in [2.45, 2.75) is 45.4 Å². The summed E-state index contributed by atoms with van der Waals surface area (Å²) in [5, 5.41) is 2.51. The summed E-state index contributed by atoms with van der Waals surface area (Å²) in [5.74, 6) is 0. The lowest BCUT2D eigenvalue weighted by Crippen LogP contribution is -2.16. The van der Waals surface area contributed by atoms with Crippen molar-refractivity contribution in [2.75, 3.05) is 4.90 Å². The van der Waals surface area contributed by atoms with Gasteiger partial charge in [-0.2, -0.15) is 0 Å². The summed E-state index contributed by atoms with van der Waals surface area (Å²) in [6, 6.07) is 69.3. The molecule has 276 valence electrons. The van der Waals surface area contributed by atoms with E-state index in [0.29, 0.717) is 0 Å². The minimum Gasteiger partial charge on any atom is -0.310 e.